The van der Waals surface area contributed by atoms with E-state index >= 15 is 0 Å². The molecule has 1 aromatic heterocycles. The van der Waals surface area contributed by atoms with Crippen molar-refractivity contribution in [3.63, 3.8) is 0 Å². The van der Waals surface area contributed by atoms with Crippen LogP contribution in [0.4, 0.5) is 5.69 Å². The third-order valence-corrected chi connectivity index (χ3v) is 2.95. The van der Waals surface area contributed by atoms with E-state index in [0.29, 0.717) is 6.04 Å². The highest BCUT2D eigenvalue weighted by Gasteiger charge is 2.18. The van der Waals surface area contributed by atoms with Crippen molar-refractivity contribution < 1.29 is 0 Å². The molecule has 0 radical (unpaired) electrons. The first-order chi connectivity index (χ1) is 7.43. The smallest absolute Gasteiger partial charge is 0.0949 e. The minimum atomic E-state index is 0.488. The molecule has 3 nitrogen and oxygen atoms in total. The van der Waals surface area contributed by atoms with Crippen LogP contribution in [0, 0.1) is 0 Å². The SMILES string of the molecule is c1ccc2c(c1)C[C@@H](n1ccnc1)CN2. The number of anilines is 1. The lowest BCUT2D eigenvalue weighted by Crippen LogP contribution is -2.25. The topological polar surface area (TPSA) is 29.9 Å². The molecule has 1 N–H and O–H groups in total. The molecule has 76 valence electrons. The quantitative estimate of drug-likeness (QED) is 0.762. The van der Waals surface area contributed by atoms with E-state index in [-0.39, 0.29) is 0 Å². The molecule has 0 unspecified atom stereocenters. The van der Waals surface area contributed by atoms with Crippen molar-refractivity contribution in [1.29, 1.82) is 0 Å². The van der Waals surface area contributed by atoms with Crippen LogP contribution in [0.5, 0.6) is 0 Å². The predicted molar refractivity (Wildman–Crippen MR) is 59.9 cm³/mol. The molecule has 0 aliphatic carbocycles. The summed E-state index contributed by atoms with van der Waals surface area (Å²) >= 11 is 0. The van der Waals surface area contributed by atoms with Gasteiger partial charge in [-0.1, -0.05) is 18.2 Å². The zero-order chi connectivity index (χ0) is 10.1. The number of nitrogens with zero attached hydrogens (tertiary/aromatic N) is 2. The van der Waals surface area contributed by atoms with E-state index in [1.807, 2.05) is 18.7 Å². The maximum Gasteiger partial charge on any atom is 0.0949 e. The summed E-state index contributed by atoms with van der Waals surface area (Å²) in [7, 11) is 0. The van der Waals surface area contributed by atoms with Gasteiger partial charge in [0.05, 0.1) is 12.4 Å². The normalized spacial score (nSPS) is 19.3. The van der Waals surface area contributed by atoms with Crippen molar-refractivity contribution in [1.82, 2.24) is 9.55 Å². The lowest BCUT2D eigenvalue weighted by Gasteiger charge is -2.26. The molecule has 3 rings (SSSR count). The van der Waals surface area contributed by atoms with Crippen LogP contribution in [0.15, 0.2) is 43.0 Å². The Kier molecular flexibility index (Phi) is 1.95. The van der Waals surface area contributed by atoms with Crippen molar-refractivity contribution in [2.75, 3.05) is 11.9 Å². The molecule has 15 heavy (non-hydrogen) atoms. The average Bonchev–Trinajstić information content (AvgIpc) is 2.82. The van der Waals surface area contributed by atoms with Crippen LogP contribution in [0.3, 0.4) is 0 Å². The number of aromatic nitrogens is 2. The Balaban J connectivity index is 1.89. The second kappa shape index (κ2) is 3.42. The van der Waals surface area contributed by atoms with E-state index in [0.717, 1.165) is 13.0 Å². The Hall–Kier alpha value is -1.77. The molecule has 1 aliphatic rings. The van der Waals surface area contributed by atoms with Crippen LogP contribution in [-0.2, 0) is 6.42 Å². The molecule has 0 saturated carbocycles. The molecule has 3 heteroatoms. The summed E-state index contributed by atoms with van der Waals surface area (Å²) in [5, 5.41) is 3.45. The Morgan fingerprint density at radius 2 is 2.27 bits per heavy atom. The lowest BCUT2D eigenvalue weighted by molar-refractivity contribution is 0.510. The van der Waals surface area contributed by atoms with Crippen molar-refractivity contribution in [3.8, 4) is 0 Å². The van der Waals surface area contributed by atoms with Gasteiger partial charge >= 0.3 is 0 Å². The summed E-state index contributed by atoms with van der Waals surface area (Å²) in [4.78, 5) is 4.09. The van der Waals surface area contributed by atoms with Crippen LogP contribution in [0.1, 0.15) is 11.6 Å². The van der Waals surface area contributed by atoms with Crippen LogP contribution in [0.25, 0.3) is 0 Å². The fraction of sp³-hybridized carbons (Fsp3) is 0.250. The van der Waals surface area contributed by atoms with E-state index < -0.39 is 0 Å². The van der Waals surface area contributed by atoms with Crippen LogP contribution >= 0.6 is 0 Å². The maximum atomic E-state index is 4.09. The minimum absolute atomic E-state index is 0.488. The second-order valence-electron chi connectivity index (χ2n) is 3.91. The van der Waals surface area contributed by atoms with Gasteiger partial charge in [0.2, 0.25) is 0 Å². The third kappa shape index (κ3) is 1.50. The number of benzene rings is 1. The number of hydrogen-bond acceptors (Lipinski definition) is 2. The summed E-state index contributed by atoms with van der Waals surface area (Å²) < 4.78 is 2.17. The summed E-state index contributed by atoms with van der Waals surface area (Å²) in [6.45, 7) is 0.980. The predicted octanol–water partition coefficient (Wildman–Crippen LogP) is 2.09. The zero-order valence-corrected chi connectivity index (χ0v) is 8.43. The van der Waals surface area contributed by atoms with Crippen LogP contribution in [0.2, 0.25) is 0 Å². The van der Waals surface area contributed by atoms with Gasteiger partial charge in [0.1, 0.15) is 0 Å². The van der Waals surface area contributed by atoms with Gasteiger partial charge in [-0.25, -0.2) is 4.98 Å². The number of fused-ring (bicyclic) bond motifs is 1. The largest absolute Gasteiger partial charge is 0.383 e. The zero-order valence-electron chi connectivity index (χ0n) is 8.43. The van der Waals surface area contributed by atoms with Gasteiger partial charge in [0.15, 0.2) is 0 Å². The van der Waals surface area contributed by atoms with Crippen molar-refractivity contribution in [3.05, 3.63) is 48.5 Å². The van der Waals surface area contributed by atoms with Gasteiger partial charge in [-0.3, -0.25) is 0 Å². The first kappa shape index (κ1) is 8.53. The van der Waals surface area contributed by atoms with E-state index in [9.17, 15) is 0 Å². The number of hydrogen-bond donors (Lipinski definition) is 1. The molecular weight excluding hydrogens is 186 g/mol. The molecule has 1 aliphatic heterocycles. The monoisotopic (exact) mass is 199 g/mol. The Morgan fingerprint density at radius 1 is 1.33 bits per heavy atom. The van der Waals surface area contributed by atoms with Crippen LogP contribution in [-0.4, -0.2) is 16.1 Å². The molecule has 2 aromatic rings. The molecule has 0 saturated heterocycles. The molecule has 1 aromatic carbocycles. The summed E-state index contributed by atoms with van der Waals surface area (Å²) in [6.07, 6.45) is 6.83. The highest BCUT2D eigenvalue weighted by atomic mass is 15.1. The summed E-state index contributed by atoms with van der Waals surface area (Å²) in [6, 6.07) is 8.98. The fourth-order valence-electron chi connectivity index (χ4n) is 2.12. The number of para-hydroxylation sites is 1. The van der Waals surface area contributed by atoms with Gasteiger partial charge in [-0.15, -0.1) is 0 Å². The lowest BCUT2D eigenvalue weighted by atomic mass is 10.00. The Morgan fingerprint density at radius 3 is 3.13 bits per heavy atom. The highest BCUT2D eigenvalue weighted by molar-refractivity contribution is 5.53. The summed E-state index contributed by atoms with van der Waals surface area (Å²) in [5.41, 5.74) is 2.66. The standard InChI is InChI=1S/C12H13N3/c1-2-4-12-10(3-1)7-11(8-14-12)15-6-5-13-9-15/h1-6,9,11,14H,7-8H2/t11-/m1/s1. The number of nitrogens with one attached hydrogen (secondary N) is 1. The van der Waals surface area contributed by atoms with Crippen molar-refractivity contribution >= 4 is 5.69 Å². The van der Waals surface area contributed by atoms with E-state index in [1.54, 1.807) is 0 Å². The molecule has 0 bridgehead atoms. The molecule has 2 heterocycles. The third-order valence-electron chi connectivity index (χ3n) is 2.95. The first-order valence-electron chi connectivity index (χ1n) is 5.23. The van der Waals surface area contributed by atoms with Crippen molar-refractivity contribution in [2.45, 2.75) is 12.5 Å². The van der Waals surface area contributed by atoms with Crippen molar-refractivity contribution in [2.24, 2.45) is 0 Å². The van der Waals surface area contributed by atoms with Gasteiger partial charge < -0.3 is 9.88 Å². The number of imidazole rings is 1. The molecular formula is C12H13N3. The summed E-state index contributed by atoms with van der Waals surface area (Å²) in [5.74, 6) is 0. The molecule has 0 spiro atoms. The molecule has 0 amide bonds. The Labute approximate surface area is 88.8 Å². The fourth-order valence-corrected chi connectivity index (χ4v) is 2.12. The minimum Gasteiger partial charge on any atom is -0.383 e. The van der Waals surface area contributed by atoms with E-state index in [2.05, 4.69) is 39.1 Å². The van der Waals surface area contributed by atoms with E-state index in [4.69, 9.17) is 0 Å². The molecule has 0 fully saturated rings. The van der Waals surface area contributed by atoms with Gasteiger partial charge in [0, 0.05) is 24.6 Å². The molecule has 1 atom stereocenters. The first-order valence-corrected chi connectivity index (χ1v) is 5.23. The second-order valence-corrected chi connectivity index (χ2v) is 3.91. The van der Waals surface area contributed by atoms with Gasteiger partial charge in [-0.2, -0.15) is 0 Å². The highest BCUT2D eigenvalue weighted by Crippen LogP contribution is 2.26. The average molecular weight is 199 g/mol. The Bertz CT molecular complexity index is 448. The number of rotatable bonds is 1. The maximum absolute atomic E-state index is 4.09. The van der Waals surface area contributed by atoms with Gasteiger partial charge in [-0.05, 0) is 18.1 Å². The van der Waals surface area contributed by atoms with E-state index in [1.165, 1.54) is 11.3 Å². The van der Waals surface area contributed by atoms with Gasteiger partial charge in [0.25, 0.3) is 0 Å². The van der Waals surface area contributed by atoms with Crippen LogP contribution < -0.4 is 5.32 Å².